The molecule has 1 aliphatic heterocycles. The number of aliphatic hydroxyl groups excluding tert-OH is 1. The van der Waals surface area contributed by atoms with E-state index >= 15 is 0 Å². The summed E-state index contributed by atoms with van der Waals surface area (Å²) >= 11 is 0. The number of carboxylic acids is 1. The zero-order chi connectivity index (χ0) is 24.9. The largest absolute Gasteiger partial charge is 0.504 e. The third-order valence-corrected chi connectivity index (χ3v) is 5.55. The van der Waals surface area contributed by atoms with Crippen LogP contribution in [-0.4, -0.2) is 64.8 Å². The number of phenolic OH excluding ortho intramolecular Hbond substituents is 5. The van der Waals surface area contributed by atoms with Crippen LogP contribution in [0.5, 0.6) is 28.7 Å². The maximum atomic E-state index is 11.5. The van der Waals surface area contributed by atoms with Crippen LogP contribution >= 0.6 is 0 Å². The molecule has 1 unspecified atom stereocenters. The highest BCUT2D eigenvalue weighted by atomic mass is 16.5. The maximum Gasteiger partial charge on any atom is 0.335 e. The summed E-state index contributed by atoms with van der Waals surface area (Å²) in [5.41, 5.74) is 0.508. The highest BCUT2D eigenvalue weighted by Crippen LogP contribution is 2.50. The molecule has 11 nitrogen and oxygen atoms in total. The van der Waals surface area contributed by atoms with Crippen molar-refractivity contribution in [3.8, 4) is 28.7 Å². The summed E-state index contributed by atoms with van der Waals surface area (Å²) in [6.45, 7) is -0.122. The molecule has 1 heterocycles. The van der Waals surface area contributed by atoms with E-state index in [1.165, 1.54) is 24.3 Å². The van der Waals surface area contributed by atoms with Crippen molar-refractivity contribution < 1.29 is 55.2 Å². The molecule has 3 aliphatic rings. The minimum Gasteiger partial charge on any atom is -0.504 e. The molecule has 0 aromatic heterocycles. The van der Waals surface area contributed by atoms with Crippen molar-refractivity contribution in [3.05, 3.63) is 70.2 Å². The lowest BCUT2D eigenvalue weighted by Gasteiger charge is -2.33. The molecule has 0 saturated carbocycles. The fraction of sp³-hybridized carbons (Fsp3) is 0.130. The summed E-state index contributed by atoms with van der Waals surface area (Å²) in [5, 5.41) is 75.0. The highest BCUT2D eigenvalue weighted by Gasteiger charge is 2.47. The number of aliphatic hydroxyl groups is 2. The van der Waals surface area contributed by atoms with Crippen LogP contribution in [0.2, 0.25) is 0 Å². The summed E-state index contributed by atoms with van der Waals surface area (Å²) in [6, 6.07) is 4.46. The lowest BCUT2D eigenvalue weighted by atomic mass is 9.85. The topological polar surface area (TPSA) is 205 Å². The molecule has 1 atom stereocenters. The second-order valence-electron chi connectivity index (χ2n) is 7.83. The van der Waals surface area contributed by atoms with Crippen molar-refractivity contribution in [2.45, 2.75) is 12.0 Å². The van der Waals surface area contributed by atoms with Crippen molar-refractivity contribution in [1.29, 1.82) is 0 Å². The molecule has 0 fully saturated rings. The van der Waals surface area contributed by atoms with Crippen LogP contribution in [0, 0.1) is 0 Å². The van der Waals surface area contributed by atoms with Gasteiger partial charge in [0.2, 0.25) is 11.5 Å². The Morgan fingerprint density at radius 3 is 2.12 bits per heavy atom. The Balaban J connectivity index is 0.000000195. The Labute approximate surface area is 190 Å². The number of allylic oxidation sites excluding steroid dienone is 2. The van der Waals surface area contributed by atoms with Gasteiger partial charge in [-0.2, -0.15) is 0 Å². The first-order valence-corrected chi connectivity index (χ1v) is 9.72. The summed E-state index contributed by atoms with van der Waals surface area (Å²) in [7, 11) is 0. The molecule has 8 N–H and O–H groups in total. The number of carbonyl (C=O) groups excluding carboxylic acids is 1. The molecule has 0 saturated heterocycles. The number of ether oxygens (including phenoxy) is 1. The Hall–Kier alpha value is -4.64. The van der Waals surface area contributed by atoms with Gasteiger partial charge in [-0.25, -0.2) is 4.79 Å². The number of carboxylic acid groups (broad SMARTS) is 1. The Morgan fingerprint density at radius 2 is 1.50 bits per heavy atom. The summed E-state index contributed by atoms with van der Waals surface area (Å²) in [5.74, 6) is -4.92. The van der Waals surface area contributed by atoms with E-state index in [1.54, 1.807) is 0 Å². The number of aromatic carboxylic acids is 1. The molecule has 0 amide bonds. The molecule has 0 radical (unpaired) electrons. The summed E-state index contributed by atoms with van der Waals surface area (Å²) < 4.78 is 5.40. The van der Waals surface area contributed by atoms with Gasteiger partial charge in [0.15, 0.2) is 34.5 Å². The van der Waals surface area contributed by atoms with Crippen LogP contribution in [0.1, 0.15) is 21.5 Å². The van der Waals surface area contributed by atoms with E-state index in [9.17, 15) is 30.0 Å². The van der Waals surface area contributed by atoms with Gasteiger partial charge < -0.3 is 45.6 Å². The van der Waals surface area contributed by atoms with Gasteiger partial charge in [-0.3, -0.25) is 4.79 Å². The van der Waals surface area contributed by atoms with Crippen molar-refractivity contribution in [3.63, 3.8) is 0 Å². The average molecular weight is 470 g/mol. The minimum absolute atomic E-state index is 0.0348. The number of benzene rings is 2. The zero-order valence-corrected chi connectivity index (χ0v) is 17.2. The molecular formula is C23H18O11. The first-order chi connectivity index (χ1) is 15.9. The normalized spacial score (nSPS) is 20.1. The predicted molar refractivity (Wildman–Crippen MR) is 113 cm³/mol. The predicted octanol–water partition coefficient (Wildman–Crippen LogP) is 1.58. The molecule has 34 heavy (non-hydrogen) atoms. The number of phenols is 5. The van der Waals surface area contributed by atoms with Gasteiger partial charge in [0.05, 0.1) is 5.56 Å². The third kappa shape index (κ3) is 3.53. The molecule has 0 bridgehead atoms. The number of ketones is 1. The van der Waals surface area contributed by atoms with Crippen molar-refractivity contribution >= 4 is 17.3 Å². The Bertz CT molecular complexity index is 1330. The van der Waals surface area contributed by atoms with E-state index < -0.39 is 40.4 Å². The zero-order valence-electron chi connectivity index (χ0n) is 17.2. The fourth-order valence-electron chi connectivity index (χ4n) is 3.99. The van der Waals surface area contributed by atoms with Crippen LogP contribution in [0.4, 0.5) is 0 Å². The van der Waals surface area contributed by atoms with E-state index in [4.69, 9.17) is 25.2 Å². The maximum absolute atomic E-state index is 11.5. The number of hydrogen-bond donors (Lipinski definition) is 8. The van der Waals surface area contributed by atoms with Gasteiger partial charge in [0.25, 0.3) is 0 Å². The van der Waals surface area contributed by atoms with Gasteiger partial charge in [-0.1, -0.05) is 0 Å². The van der Waals surface area contributed by atoms with E-state index in [-0.39, 0.29) is 35.8 Å². The first kappa shape index (κ1) is 22.6. The van der Waals surface area contributed by atoms with Crippen LogP contribution in [-0.2, 0) is 16.0 Å². The lowest BCUT2D eigenvalue weighted by Crippen LogP contribution is -2.39. The number of hydrogen-bond acceptors (Lipinski definition) is 10. The SMILES string of the molecule is O=C(O)c1cc(O)c(O)c(O)c1.O=C1C=CC2=C3c4cc(O)c(O)cc4CC3(O)COC2=C1O. The number of carbonyl (C=O) groups is 2. The van der Waals surface area contributed by atoms with Crippen LogP contribution < -0.4 is 0 Å². The Kier molecular flexibility index (Phi) is 5.14. The van der Waals surface area contributed by atoms with Crippen LogP contribution in [0.15, 0.2) is 53.5 Å². The molecule has 176 valence electrons. The first-order valence-electron chi connectivity index (χ1n) is 9.72. The number of rotatable bonds is 1. The van der Waals surface area contributed by atoms with Gasteiger partial charge in [-0.15, -0.1) is 0 Å². The van der Waals surface area contributed by atoms with E-state index in [2.05, 4.69) is 0 Å². The monoisotopic (exact) mass is 470 g/mol. The Morgan fingerprint density at radius 1 is 0.882 bits per heavy atom. The summed E-state index contributed by atoms with van der Waals surface area (Å²) in [6.07, 6.45) is 2.90. The van der Waals surface area contributed by atoms with Gasteiger partial charge in [-0.05, 0) is 47.5 Å². The second kappa shape index (κ2) is 7.74. The van der Waals surface area contributed by atoms with Crippen molar-refractivity contribution in [2.75, 3.05) is 6.61 Å². The lowest BCUT2D eigenvalue weighted by molar-refractivity contribution is -0.114. The molecule has 2 aliphatic carbocycles. The molecule has 2 aromatic rings. The fourth-order valence-corrected chi connectivity index (χ4v) is 3.99. The van der Waals surface area contributed by atoms with E-state index in [0.717, 1.165) is 12.1 Å². The standard InChI is InChI=1S/C16H12O6.C7H6O5/c17-10-2-1-8-13-9-4-12(19)11(18)3-7(9)5-16(13,21)6-22-15(8)14(10)20;8-4-1-3(7(11)12)2-5(9)6(4)10/h1-4,18-21H,5-6H2;1-2,8-10H,(H,11,12). The number of aromatic hydroxyl groups is 5. The number of fused-ring (bicyclic) bond motifs is 4. The minimum atomic E-state index is -1.33. The van der Waals surface area contributed by atoms with E-state index in [1.807, 2.05) is 0 Å². The van der Waals surface area contributed by atoms with Gasteiger partial charge in [0, 0.05) is 17.6 Å². The van der Waals surface area contributed by atoms with Crippen molar-refractivity contribution in [1.82, 2.24) is 0 Å². The van der Waals surface area contributed by atoms with Crippen LogP contribution in [0.25, 0.3) is 5.57 Å². The smallest absolute Gasteiger partial charge is 0.335 e. The molecule has 0 spiro atoms. The summed E-state index contributed by atoms with van der Waals surface area (Å²) in [4.78, 5) is 21.8. The average Bonchev–Trinajstić information content (AvgIpc) is 3.06. The van der Waals surface area contributed by atoms with Gasteiger partial charge in [0.1, 0.15) is 12.2 Å². The second-order valence-corrected chi connectivity index (χ2v) is 7.83. The molecular weight excluding hydrogens is 452 g/mol. The third-order valence-electron chi connectivity index (χ3n) is 5.55. The quantitative estimate of drug-likeness (QED) is 0.281. The van der Waals surface area contributed by atoms with Crippen molar-refractivity contribution in [2.24, 2.45) is 0 Å². The van der Waals surface area contributed by atoms with Crippen LogP contribution in [0.3, 0.4) is 0 Å². The molecule has 11 heteroatoms. The highest BCUT2D eigenvalue weighted by molar-refractivity contribution is 6.06. The molecule has 2 aromatic carbocycles. The van der Waals surface area contributed by atoms with Gasteiger partial charge >= 0.3 is 5.97 Å². The molecule has 5 rings (SSSR count). The van der Waals surface area contributed by atoms with E-state index in [0.29, 0.717) is 22.3 Å².